The number of aromatic carboxylic acids is 1. The second-order valence-corrected chi connectivity index (χ2v) is 9.79. The second kappa shape index (κ2) is 8.21. The van der Waals surface area contributed by atoms with Crippen molar-refractivity contribution in [2.24, 2.45) is 5.92 Å². The smallest absolute Gasteiger partial charge is 0.341 e. The van der Waals surface area contributed by atoms with E-state index in [-0.39, 0.29) is 29.5 Å². The zero-order valence-corrected chi connectivity index (χ0v) is 19.3. The lowest BCUT2D eigenvalue weighted by atomic mass is 10.0. The van der Waals surface area contributed by atoms with E-state index in [1.54, 1.807) is 10.9 Å². The minimum Gasteiger partial charge on any atom is -0.487 e. The van der Waals surface area contributed by atoms with Gasteiger partial charge in [-0.15, -0.1) is 0 Å². The molecule has 182 valence electrons. The molecular formula is C25H26FN5O4. The zero-order valence-electron chi connectivity index (χ0n) is 19.3. The van der Waals surface area contributed by atoms with E-state index in [2.05, 4.69) is 15.3 Å². The summed E-state index contributed by atoms with van der Waals surface area (Å²) in [5.74, 6) is -0.468. The van der Waals surface area contributed by atoms with Crippen LogP contribution in [0.5, 0.6) is 5.75 Å². The van der Waals surface area contributed by atoms with E-state index in [4.69, 9.17) is 4.74 Å². The third-order valence-corrected chi connectivity index (χ3v) is 7.13. The number of carbonyl (C=O) groups is 1. The van der Waals surface area contributed by atoms with E-state index < -0.39 is 17.2 Å². The number of carboxylic acid groups (broad SMARTS) is 1. The Labute approximate surface area is 200 Å². The lowest BCUT2D eigenvalue weighted by molar-refractivity contribution is 0.0694. The molecule has 1 saturated carbocycles. The molecule has 6 rings (SSSR count). The molecule has 1 aromatic carbocycles. The summed E-state index contributed by atoms with van der Waals surface area (Å²) in [6.45, 7) is 3.41. The summed E-state index contributed by atoms with van der Waals surface area (Å²) in [6.07, 6.45) is 6.90. The summed E-state index contributed by atoms with van der Waals surface area (Å²) >= 11 is 0. The van der Waals surface area contributed by atoms with Crippen molar-refractivity contribution in [2.75, 3.05) is 29.9 Å². The van der Waals surface area contributed by atoms with Gasteiger partial charge in [-0.05, 0) is 44.6 Å². The van der Waals surface area contributed by atoms with Gasteiger partial charge in [-0.2, -0.15) is 0 Å². The SMILES string of the molecule is C[C@H]1COc2c(N3CC[C@H](Cc4cc(NC5CC5)ncn4)C3)c(F)cc3c(=O)c(C(=O)O)cn1c23. The van der Waals surface area contributed by atoms with E-state index >= 15 is 4.39 Å². The Morgan fingerprint density at radius 2 is 2.11 bits per heavy atom. The summed E-state index contributed by atoms with van der Waals surface area (Å²) in [4.78, 5) is 35.1. The van der Waals surface area contributed by atoms with E-state index in [0.29, 0.717) is 36.1 Å². The first kappa shape index (κ1) is 21.8. The molecule has 0 bridgehead atoms. The van der Waals surface area contributed by atoms with E-state index in [1.165, 1.54) is 19.0 Å². The Morgan fingerprint density at radius 1 is 1.29 bits per heavy atom. The van der Waals surface area contributed by atoms with Crippen LogP contribution in [-0.2, 0) is 6.42 Å². The largest absolute Gasteiger partial charge is 0.487 e. The van der Waals surface area contributed by atoms with Crippen LogP contribution in [-0.4, -0.2) is 51.3 Å². The molecule has 4 heterocycles. The predicted octanol–water partition coefficient (Wildman–Crippen LogP) is 3.23. The Kier molecular flexibility index (Phi) is 5.12. The molecule has 35 heavy (non-hydrogen) atoms. The fraction of sp³-hybridized carbons (Fsp3) is 0.440. The van der Waals surface area contributed by atoms with Crippen LogP contribution in [0.3, 0.4) is 0 Å². The van der Waals surface area contributed by atoms with Crippen LogP contribution in [0.2, 0.25) is 0 Å². The maximum absolute atomic E-state index is 15.5. The summed E-state index contributed by atoms with van der Waals surface area (Å²) in [6, 6.07) is 3.47. The van der Waals surface area contributed by atoms with Crippen molar-refractivity contribution in [2.45, 2.75) is 44.7 Å². The van der Waals surface area contributed by atoms with Gasteiger partial charge in [0.25, 0.3) is 0 Å². The van der Waals surface area contributed by atoms with Gasteiger partial charge in [0.2, 0.25) is 5.43 Å². The molecule has 0 unspecified atom stereocenters. The Hall–Kier alpha value is -3.69. The molecule has 10 heteroatoms. The van der Waals surface area contributed by atoms with Gasteiger partial charge >= 0.3 is 5.97 Å². The van der Waals surface area contributed by atoms with Gasteiger partial charge in [-0.25, -0.2) is 19.2 Å². The van der Waals surface area contributed by atoms with Gasteiger partial charge in [0, 0.05) is 37.1 Å². The fourth-order valence-electron chi connectivity index (χ4n) is 5.18. The number of rotatable bonds is 6. The predicted molar refractivity (Wildman–Crippen MR) is 128 cm³/mol. The van der Waals surface area contributed by atoms with Crippen LogP contribution in [0.1, 0.15) is 48.3 Å². The molecule has 3 aromatic rings. The first-order valence-electron chi connectivity index (χ1n) is 12.0. The molecule has 1 saturated heterocycles. The van der Waals surface area contributed by atoms with Crippen LogP contribution >= 0.6 is 0 Å². The van der Waals surface area contributed by atoms with Crippen molar-refractivity contribution in [3.8, 4) is 5.75 Å². The standard InChI is InChI=1S/C25H26FN5O4/c1-13-11-35-24-21-17(23(32)18(25(33)34)10-31(13)21)8-19(26)22(24)30-5-4-14(9-30)6-16-7-20(28-12-27-16)29-15-2-3-15/h7-8,10,12-15H,2-6,9,11H2,1H3,(H,33,34)(H,27,28,29)/t13-,14+/m0/s1. The molecule has 2 aromatic heterocycles. The number of carboxylic acids is 1. The number of halogens is 1. The Balaban J connectivity index is 1.32. The highest BCUT2D eigenvalue weighted by atomic mass is 19.1. The van der Waals surface area contributed by atoms with Crippen LogP contribution in [0.25, 0.3) is 10.9 Å². The molecule has 0 spiro atoms. The third-order valence-electron chi connectivity index (χ3n) is 7.13. The van der Waals surface area contributed by atoms with E-state index in [1.807, 2.05) is 17.9 Å². The zero-order chi connectivity index (χ0) is 24.3. The Morgan fingerprint density at radius 3 is 2.89 bits per heavy atom. The topological polar surface area (TPSA) is 110 Å². The van der Waals surface area contributed by atoms with Gasteiger partial charge < -0.3 is 24.6 Å². The molecule has 2 N–H and O–H groups in total. The van der Waals surface area contributed by atoms with Crippen molar-refractivity contribution >= 4 is 28.4 Å². The third kappa shape index (κ3) is 3.86. The number of pyridine rings is 1. The summed E-state index contributed by atoms with van der Waals surface area (Å²) in [5, 5.41) is 12.9. The summed E-state index contributed by atoms with van der Waals surface area (Å²) in [7, 11) is 0. The highest BCUT2D eigenvalue weighted by Crippen LogP contribution is 2.43. The van der Waals surface area contributed by atoms with Crippen molar-refractivity contribution in [3.05, 3.63) is 52.0 Å². The number of nitrogens with zero attached hydrogens (tertiary/aromatic N) is 4. The number of hydrogen-bond donors (Lipinski definition) is 2. The van der Waals surface area contributed by atoms with E-state index in [0.717, 1.165) is 30.4 Å². The number of hydrogen-bond acceptors (Lipinski definition) is 7. The van der Waals surface area contributed by atoms with Gasteiger partial charge in [0.15, 0.2) is 11.6 Å². The van der Waals surface area contributed by atoms with Crippen molar-refractivity contribution in [3.63, 3.8) is 0 Å². The molecule has 2 fully saturated rings. The maximum Gasteiger partial charge on any atom is 0.341 e. The van der Waals surface area contributed by atoms with Gasteiger partial charge in [-0.3, -0.25) is 4.79 Å². The molecule has 0 radical (unpaired) electrons. The lowest BCUT2D eigenvalue weighted by Crippen LogP contribution is -2.29. The molecule has 1 aliphatic carbocycles. The molecular weight excluding hydrogens is 453 g/mol. The molecule has 3 aliphatic rings. The lowest BCUT2D eigenvalue weighted by Gasteiger charge is -2.31. The van der Waals surface area contributed by atoms with Crippen LogP contribution in [0.15, 0.2) is 29.5 Å². The van der Waals surface area contributed by atoms with Gasteiger partial charge in [0.05, 0.1) is 16.9 Å². The van der Waals surface area contributed by atoms with Gasteiger partial charge in [0.1, 0.15) is 30.0 Å². The van der Waals surface area contributed by atoms with Crippen molar-refractivity contribution in [1.29, 1.82) is 0 Å². The van der Waals surface area contributed by atoms with Crippen LogP contribution < -0.4 is 20.4 Å². The molecule has 2 atom stereocenters. The second-order valence-electron chi connectivity index (χ2n) is 9.79. The minimum absolute atomic E-state index is 0.0279. The highest BCUT2D eigenvalue weighted by molar-refractivity contribution is 5.97. The first-order chi connectivity index (χ1) is 16.9. The maximum atomic E-state index is 15.5. The van der Waals surface area contributed by atoms with Gasteiger partial charge in [-0.1, -0.05) is 0 Å². The van der Waals surface area contributed by atoms with E-state index in [9.17, 15) is 14.7 Å². The highest BCUT2D eigenvalue weighted by Gasteiger charge is 2.33. The number of ether oxygens (including phenoxy) is 1. The number of anilines is 2. The quantitative estimate of drug-likeness (QED) is 0.555. The van der Waals surface area contributed by atoms with Crippen molar-refractivity contribution in [1.82, 2.24) is 14.5 Å². The number of nitrogens with one attached hydrogen (secondary N) is 1. The Bertz CT molecular complexity index is 1400. The first-order valence-corrected chi connectivity index (χ1v) is 12.0. The van der Waals surface area contributed by atoms with Crippen LogP contribution in [0, 0.1) is 11.7 Å². The fourth-order valence-corrected chi connectivity index (χ4v) is 5.18. The number of aromatic nitrogens is 3. The normalized spacial score (nSPS) is 21.3. The summed E-state index contributed by atoms with van der Waals surface area (Å²) in [5.41, 5.74) is 0.667. The average molecular weight is 480 g/mol. The molecule has 9 nitrogen and oxygen atoms in total. The number of benzene rings is 1. The van der Waals surface area contributed by atoms with Crippen molar-refractivity contribution < 1.29 is 19.0 Å². The van der Waals surface area contributed by atoms with Crippen LogP contribution in [0.4, 0.5) is 15.9 Å². The minimum atomic E-state index is -1.33. The molecule has 0 amide bonds. The summed E-state index contributed by atoms with van der Waals surface area (Å²) < 4.78 is 23.2. The average Bonchev–Trinajstić information content (AvgIpc) is 3.52. The monoisotopic (exact) mass is 479 g/mol. The molecule has 2 aliphatic heterocycles.